The molecule has 0 aromatic carbocycles. The van der Waals surface area contributed by atoms with Crippen LogP contribution in [0, 0.1) is 5.92 Å². The molecule has 1 heterocycles. The number of hydrogen-bond acceptors (Lipinski definition) is 4. The highest BCUT2D eigenvalue weighted by Gasteiger charge is 2.19. The van der Waals surface area contributed by atoms with Crippen molar-refractivity contribution in [3.05, 3.63) is 24.0 Å². The van der Waals surface area contributed by atoms with Crippen molar-refractivity contribution in [1.82, 2.24) is 4.98 Å². The van der Waals surface area contributed by atoms with E-state index in [0.29, 0.717) is 11.3 Å². The standard InChI is InChI=1S/C11H16N2O2/c1-7(2)10(12)11(14)8-4-9(15-3)6-13-5-8/h4-7,10H,12H2,1-3H3. The molecule has 0 bridgehead atoms. The van der Waals surface area contributed by atoms with Crippen molar-refractivity contribution in [2.45, 2.75) is 19.9 Å². The van der Waals surface area contributed by atoms with Crippen LogP contribution < -0.4 is 10.5 Å². The molecule has 1 unspecified atom stereocenters. The van der Waals surface area contributed by atoms with Gasteiger partial charge in [0, 0.05) is 11.8 Å². The Morgan fingerprint density at radius 2 is 2.13 bits per heavy atom. The molecule has 0 amide bonds. The fourth-order valence-corrected chi connectivity index (χ4v) is 1.16. The van der Waals surface area contributed by atoms with Gasteiger partial charge in [0.2, 0.25) is 0 Å². The second-order valence-electron chi connectivity index (χ2n) is 3.75. The SMILES string of the molecule is COc1cncc(C(=O)C(N)C(C)C)c1. The van der Waals surface area contributed by atoms with Crippen LogP contribution in [0.15, 0.2) is 18.5 Å². The number of ether oxygens (including phenoxy) is 1. The molecule has 0 aliphatic carbocycles. The molecule has 0 aliphatic rings. The van der Waals surface area contributed by atoms with E-state index < -0.39 is 6.04 Å². The molecule has 2 N–H and O–H groups in total. The van der Waals surface area contributed by atoms with Gasteiger partial charge in [0.1, 0.15) is 5.75 Å². The predicted octanol–water partition coefficient (Wildman–Crippen LogP) is 1.26. The smallest absolute Gasteiger partial charge is 0.181 e. The molecule has 1 rings (SSSR count). The number of pyridine rings is 1. The lowest BCUT2D eigenvalue weighted by Crippen LogP contribution is -2.35. The van der Waals surface area contributed by atoms with Gasteiger partial charge < -0.3 is 10.5 Å². The monoisotopic (exact) mass is 208 g/mol. The Morgan fingerprint density at radius 1 is 1.47 bits per heavy atom. The number of nitrogens with zero attached hydrogens (tertiary/aromatic N) is 1. The van der Waals surface area contributed by atoms with E-state index in [-0.39, 0.29) is 11.7 Å². The van der Waals surface area contributed by atoms with Gasteiger partial charge in [0.05, 0.1) is 19.3 Å². The Balaban J connectivity index is 2.91. The van der Waals surface area contributed by atoms with Gasteiger partial charge in [-0.2, -0.15) is 0 Å². The van der Waals surface area contributed by atoms with Crippen molar-refractivity contribution >= 4 is 5.78 Å². The first-order valence-corrected chi connectivity index (χ1v) is 4.85. The van der Waals surface area contributed by atoms with Crippen LogP contribution in [0.1, 0.15) is 24.2 Å². The van der Waals surface area contributed by atoms with E-state index in [4.69, 9.17) is 10.5 Å². The van der Waals surface area contributed by atoms with E-state index in [0.717, 1.165) is 0 Å². The number of carbonyl (C=O) groups excluding carboxylic acids is 1. The number of rotatable bonds is 4. The van der Waals surface area contributed by atoms with Crippen LogP contribution in [0.4, 0.5) is 0 Å². The molecule has 1 aromatic rings. The van der Waals surface area contributed by atoms with Gasteiger partial charge in [-0.3, -0.25) is 9.78 Å². The molecule has 0 radical (unpaired) electrons. The Morgan fingerprint density at radius 3 is 2.67 bits per heavy atom. The number of ketones is 1. The average Bonchev–Trinajstić information content (AvgIpc) is 2.27. The van der Waals surface area contributed by atoms with Crippen LogP contribution in [-0.2, 0) is 0 Å². The summed E-state index contributed by atoms with van der Waals surface area (Å²) in [6.07, 6.45) is 3.06. The summed E-state index contributed by atoms with van der Waals surface area (Å²) in [5.41, 5.74) is 6.26. The highest BCUT2D eigenvalue weighted by atomic mass is 16.5. The maximum atomic E-state index is 11.8. The van der Waals surface area contributed by atoms with Crippen molar-refractivity contribution in [1.29, 1.82) is 0 Å². The van der Waals surface area contributed by atoms with Crippen LogP contribution in [0.5, 0.6) is 5.75 Å². The highest BCUT2D eigenvalue weighted by molar-refractivity contribution is 6.00. The van der Waals surface area contributed by atoms with Crippen molar-refractivity contribution in [3.8, 4) is 5.75 Å². The van der Waals surface area contributed by atoms with Gasteiger partial charge in [0.15, 0.2) is 5.78 Å². The second kappa shape index (κ2) is 4.89. The van der Waals surface area contributed by atoms with Crippen LogP contribution >= 0.6 is 0 Å². The molecular formula is C11H16N2O2. The number of Topliss-reactive ketones (excluding diaryl/α,β-unsaturated/α-hetero) is 1. The van der Waals surface area contributed by atoms with Gasteiger partial charge in [-0.1, -0.05) is 13.8 Å². The summed E-state index contributed by atoms with van der Waals surface area (Å²) in [7, 11) is 1.54. The Bertz CT molecular complexity index is 350. The summed E-state index contributed by atoms with van der Waals surface area (Å²) >= 11 is 0. The zero-order valence-corrected chi connectivity index (χ0v) is 9.23. The van der Waals surface area contributed by atoms with E-state index in [2.05, 4.69) is 4.98 Å². The minimum atomic E-state index is -0.487. The van der Waals surface area contributed by atoms with Gasteiger partial charge in [-0.15, -0.1) is 0 Å². The lowest BCUT2D eigenvalue weighted by Gasteiger charge is -2.14. The number of carbonyl (C=O) groups is 1. The molecule has 0 saturated heterocycles. The summed E-state index contributed by atoms with van der Waals surface area (Å²) in [6.45, 7) is 3.83. The number of nitrogens with two attached hydrogens (primary N) is 1. The topological polar surface area (TPSA) is 65.2 Å². The molecule has 0 fully saturated rings. The van der Waals surface area contributed by atoms with Crippen LogP contribution in [0.25, 0.3) is 0 Å². The van der Waals surface area contributed by atoms with Crippen molar-refractivity contribution in [2.75, 3.05) is 7.11 Å². The first-order chi connectivity index (χ1) is 7.06. The van der Waals surface area contributed by atoms with E-state index in [1.165, 1.54) is 13.3 Å². The predicted molar refractivity (Wildman–Crippen MR) is 57.9 cm³/mol. The van der Waals surface area contributed by atoms with Crippen LogP contribution in [0.3, 0.4) is 0 Å². The molecule has 15 heavy (non-hydrogen) atoms. The summed E-state index contributed by atoms with van der Waals surface area (Å²) in [5, 5.41) is 0. The Kier molecular flexibility index (Phi) is 3.80. The van der Waals surface area contributed by atoms with Gasteiger partial charge >= 0.3 is 0 Å². The lowest BCUT2D eigenvalue weighted by molar-refractivity contribution is 0.0940. The quantitative estimate of drug-likeness (QED) is 0.756. The van der Waals surface area contributed by atoms with Crippen LogP contribution in [-0.4, -0.2) is 23.9 Å². The maximum absolute atomic E-state index is 11.8. The van der Waals surface area contributed by atoms with Gasteiger partial charge in [-0.05, 0) is 12.0 Å². The third kappa shape index (κ3) is 2.76. The molecule has 0 spiro atoms. The molecule has 82 valence electrons. The van der Waals surface area contributed by atoms with Crippen molar-refractivity contribution < 1.29 is 9.53 Å². The average molecular weight is 208 g/mol. The third-order valence-electron chi connectivity index (χ3n) is 2.25. The highest BCUT2D eigenvalue weighted by Crippen LogP contribution is 2.13. The summed E-state index contributed by atoms with van der Waals surface area (Å²) < 4.78 is 4.99. The minimum Gasteiger partial charge on any atom is -0.495 e. The first kappa shape index (κ1) is 11.7. The van der Waals surface area contributed by atoms with E-state index in [1.54, 1.807) is 12.3 Å². The number of methoxy groups -OCH3 is 1. The first-order valence-electron chi connectivity index (χ1n) is 4.85. The molecule has 0 aliphatic heterocycles. The summed E-state index contributed by atoms with van der Waals surface area (Å²) in [6, 6.07) is 1.16. The van der Waals surface area contributed by atoms with Crippen LogP contribution in [0.2, 0.25) is 0 Å². The maximum Gasteiger partial charge on any atom is 0.181 e. The Hall–Kier alpha value is -1.42. The number of hydrogen-bond donors (Lipinski definition) is 1. The fourth-order valence-electron chi connectivity index (χ4n) is 1.16. The van der Waals surface area contributed by atoms with Crippen molar-refractivity contribution in [3.63, 3.8) is 0 Å². The Labute approximate surface area is 89.5 Å². The third-order valence-corrected chi connectivity index (χ3v) is 2.25. The molecule has 4 heteroatoms. The minimum absolute atomic E-state index is 0.101. The van der Waals surface area contributed by atoms with E-state index >= 15 is 0 Å². The van der Waals surface area contributed by atoms with Gasteiger partial charge in [0.25, 0.3) is 0 Å². The number of aromatic nitrogens is 1. The molecule has 1 atom stereocenters. The zero-order valence-electron chi connectivity index (χ0n) is 9.23. The molecular weight excluding hydrogens is 192 g/mol. The van der Waals surface area contributed by atoms with E-state index in [9.17, 15) is 4.79 Å². The fraction of sp³-hybridized carbons (Fsp3) is 0.455. The van der Waals surface area contributed by atoms with Gasteiger partial charge in [-0.25, -0.2) is 0 Å². The van der Waals surface area contributed by atoms with Crippen molar-refractivity contribution in [2.24, 2.45) is 11.7 Å². The second-order valence-corrected chi connectivity index (χ2v) is 3.75. The normalized spacial score (nSPS) is 12.6. The summed E-state index contributed by atoms with van der Waals surface area (Å²) in [4.78, 5) is 15.8. The lowest BCUT2D eigenvalue weighted by atomic mass is 9.97. The van der Waals surface area contributed by atoms with E-state index in [1.807, 2.05) is 13.8 Å². The molecule has 4 nitrogen and oxygen atoms in total. The molecule has 0 saturated carbocycles. The molecule has 1 aromatic heterocycles. The largest absolute Gasteiger partial charge is 0.495 e. The summed E-state index contributed by atoms with van der Waals surface area (Å²) in [5.74, 6) is 0.580. The zero-order chi connectivity index (χ0) is 11.4.